The number of H-pyrrole nitrogens is 1. The summed E-state index contributed by atoms with van der Waals surface area (Å²) in [6.45, 7) is 1.93. The maximum absolute atomic E-state index is 12.7. The van der Waals surface area contributed by atoms with Crippen LogP contribution in [0.3, 0.4) is 0 Å². The number of carbonyl (C=O) groups excluding carboxylic acids is 1. The lowest BCUT2D eigenvalue weighted by molar-refractivity contribution is 0.0935. The molecule has 0 spiro atoms. The largest absolute Gasteiger partial charge is 0.344 e. The molecule has 1 atom stereocenters. The molecular weight excluding hydrogens is 374 g/mol. The van der Waals surface area contributed by atoms with Crippen molar-refractivity contribution in [2.75, 3.05) is 0 Å². The van der Waals surface area contributed by atoms with Gasteiger partial charge < -0.3 is 10.3 Å². The van der Waals surface area contributed by atoms with E-state index in [1.165, 1.54) is 10.6 Å². The second kappa shape index (κ2) is 7.37. The molecule has 2 aromatic heterocycles. The van der Waals surface area contributed by atoms with Crippen molar-refractivity contribution in [3.8, 4) is 5.69 Å². The topological polar surface area (TPSA) is 66.9 Å². The van der Waals surface area contributed by atoms with Gasteiger partial charge in [0.1, 0.15) is 11.3 Å². The molecule has 2 N–H and O–H groups in total. The molecule has 4 aromatic rings. The molecule has 0 bridgehead atoms. The Kier molecular flexibility index (Phi) is 4.75. The number of nitrogens with one attached hydrogen (secondary N) is 2. The van der Waals surface area contributed by atoms with Crippen LogP contribution in [0.2, 0.25) is 5.02 Å². The number of carbonyl (C=O) groups is 1. The lowest BCUT2D eigenvalue weighted by Crippen LogP contribution is -2.27. The number of benzene rings is 2. The number of hydrogen-bond donors (Lipinski definition) is 2. The zero-order chi connectivity index (χ0) is 19.7. The highest BCUT2D eigenvalue weighted by atomic mass is 35.5. The number of pyridine rings is 1. The minimum absolute atomic E-state index is 0.140. The Labute approximate surface area is 166 Å². The maximum Gasteiger partial charge on any atom is 0.268 e. The summed E-state index contributed by atoms with van der Waals surface area (Å²) in [5.74, 6) is -0.234. The minimum Gasteiger partial charge on any atom is -0.344 e. The van der Waals surface area contributed by atoms with Crippen LogP contribution >= 0.6 is 11.6 Å². The number of aromatic nitrogens is 2. The third-order valence-electron chi connectivity index (χ3n) is 4.65. The maximum atomic E-state index is 12.7. The van der Waals surface area contributed by atoms with Gasteiger partial charge >= 0.3 is 0 Å². The highest BCUT2D eigenvalue weighted by Crippen LogP contribution is 2.20. The van der Waals surface area contributed by atoms with E-state index in [4.69, 9.17) is 11.6 Å². The van der Waals surface area contributed by atoms with Crippen LogP contribution in [-0.2, 0) is 0 Å². The van der Waals surface area contributed by atoms with Gasteiger partial charge in [-0.25, -0.2) is 0 Å². The highest BCUT2D eigenvalue weighted by molar-refractivity contribution is 6.30. The van der Waals surface area contributed by atoms with Crippen molar-refractivity contribution in [3.05, 3.63) is 99.4 Å². The van der Waals surface area contributed by atoms with Crippen LogP contribution < -0.4 is 10.9 Å². The van der Waals surface area contributed by atoms with Crippen LogP contribution in [0, 0.1) is 0 Å². The number of amides is 1. The number of fused-ring (bicyclic) bond motifs is 1. The first kappa shape index (κ1) is 18.1. The van der Waals surface area contributed by atoms with E-state index in [2.05, 4.69) is 10.3 Å². The summed E-state index contributed by atoms with van der Waals surface area (Å²) >= 11 is 5.95. The van der Waals surface area contributed by atoms with Gasteiger partial charge in [0, 0.05) is 16.5 Å². The third kappa shape index (κ3) is 3.44. The minimum atomic E-state index is -0.234. The van der Waals surface area contributed by atoms with Gasteiger partial charge in [0.15, 0.2) is 0 Å². The molecule has 6 heteroatoms. The molecule has 0 aliphatic rings. The molecule has 2 heterocycles. The molecular formula is C22H18ClN3O2. The summed E-state index contributed by atoms with van der Waals surface area (Å²) in [6, 6.07) is 21.5. The van der Waals surface area contributed by atoms with Gasteiger partial charge in [-0.15, -0.1) is 0 Å². The van der Waals surface area contributed by atoms with E-state index >= 15 is 0 Å². The van der Waals surface area contributed by atoms with Crippen molar-refractivity contribution in [1.82, 2.24) is 14.9 Å². The average Bonchev–Trinajstić information content (AvgIpc) is 3.14. The number of aromatic amines is 1. The summed E-state index contributed by atoms with van der Waals surface area (Å²) in [5.41, 5.74) is 2.45. The van der Waals surface area contributed by atoms with Gasteiger partial charge in [-0.05, 0) is 48.9 Å². The second-order valence-electron chi connectivity index (χ2n) is 6.58. The summed E-state index contributed by atoms with van der Waals surface area (Å²) in [5, 5.41) is 4.34. The molecule has 28 heavy (non-hydrogen) atoms. The predicted molar refractivity (Wildman–Crippen MR) is 111 cm³/mol. The van der Waals surface area contributed by atoms with E-state index < -0.39 is 0 Å². The first-order valence-electron chi connectivity index (χ1n) is 8.89. The van der Waals surface area contributed by atoms with Crippen LogP contribution in [0.15, 0.2) is 77.6 Å². The van der Waals surface area contributed by atoms with Crippen molar-refractivity contribution >= 4 is 28.5 Å². The van der Waals surface area contributed by atoms with Crippen molar-refractivity contribution < 1.29 is 4.79 Å². The summed E-state index contributed by atoms with van der Waals surface area (Å²) in [7, 11) is 0. The fourth-order valence-corrected chi connectivity index (χ4v) is 3.31. The Morgan fingerprint density at radius 2 is 1.75 bits per heavy atom. The van der Waals surface area contributed by atoms with Gasteiger partial charge in [0.2, 0.25) is 0 Å². The lowest BCUT2D eigenvalue weighted by atomic mass is 10.1. The van der Waals surface area contributed by atoms with E-state index in [-0.39, 0.29) is 17.5 Å². The van der Waals surface area contributed by atoms with E-state index in [0.29, 0.717) is 22.1 Å². The van der Waals surface area contributed by atoms with Crippen LogP contribution in [0.25, 0.3) is 16.7 Å². The molecule has 2 aromatic carbocycles. The fraction of sp³-hybridized carbons (Fsp3) is 0.0909. The van der Waals surface area contributed by atoms with Gasteiger partial charge in [-0.2, -0.15) is 0 Å². The first-order chi connectivity index (χ1) is 13.5. The Bertz CT molecular complexity index is 1190. The molecule has 4 rings (SSSR count). The van der Waals surface area contributed by atoms with Crippen molar-refractivity contribution in [2.24, 2.45) is 0 Å². The summed E-state index contributed by atoms with van der Waals surface area (Å²) in [6.07, 6.45) is 0. The van der Waals surface area contributed by atoms with Gasteiger partial charge in [-0.3, -0.25) is 14.2 Å². The molecule has 0 aliphatic carbocycles. The van der Waals surface area contributed by atoms with Crippen LogP contribution in [0.4, 0.5) is 0 Å². The zero-order valence-electron chi connectivity index (χ0n) is 15.1. The van der Waals surface area contributed by atoms with Crippen LogP contribution in [0.5, 0.6) is 0 Å². The normalized spacial score (nSPS) is 12.1. The zero-order valence-corrected chi connectivity index (χ0v) is 15.9. The van der Waals surface area contributed by atoms with Crippen molar-refractivity contribution in [3.63, 3.8) is 0 Å². The number of rotatable bonds is 4. The number of halogens is 1. The predicted octanol–water partition coefficient (Wildman–Crippen LogP) is 4.46. The lowest BCUT2D eigenvalue weighted by Gasteiger charge is -2.13. The van der Waals surface area contributed by atoms with Crippen molar-refractivity contribution in [2.45, 2.75) is 13.0 Å². The Morgan fingerprint density at radius 3 is 2.46 bits per heavy atom. The monoisotopic (exact) mass is 391 g/mol. The summed E-state index contributed by atoms with van der Waals surface area (Å²) in [4.78, 5) is 28.3. The van der Waals surface area contributed by atoms with Crippen LogP contribution in [-0.4, -0.2) is 15.5 Å². The fourth-order valence-electron chi connectivity index (χ4n) is 3.19. The first-order valence-corrected chi connectivity index (χ1v) is 9.27. The Hall–Kier alpha value is -3.31. The van der Waals surface area contributed by atoms with E-state index in [1.807, 2.05) is 37.3 Å². The standard InChI is InChI=1S/C22H18ClN3O2/c1-14(15-5-3-2-4-6-15)24-22(28)19-13-16-7-12-20(27)26(21(16)25-19)18-10-8-17(23)9-11-18/h2-14,25H,1H3,(H,24,28). The van der Waals surface area contributed by atoms with Gasteiger partial charge in [0.25, 0.3) is 11.5 Å². The molecule has 140 valence electrons. The Balaban J connectivity index is 1.70. The average molecular weight is 392 g/mol. The third-order valence-corrected chi connectivity index (χ3v) is 4.90. The van der Waals surface area contributed by atoms with Gasteiger partial charge in [0.05, 0.1) is 11.7 Å². The number of hydrogen-bond acceptors (Lipinski definition) is 2. The molecule has 1 unspecified atom stereocenters. The van der Waals surface area contributed by atoms with Gasteiger partial charge in [-0.1, -0.05) is 41.9 Å². The van der Waals surface area contributed by atoms with Crippen molar-refractivity contribution in [1.29, 1.82) is 0 Å². The molecule has 0 saturated carbocycles. The van der Waals surface area contributed by atoms with E-state index in [0.717, 1.165) is 10.9 Å². The van der Waals surface area contributed by atoms with E-state index in [9.17, 15) is 9.59 Å². The van der Waals surface area contributed by atoms with E-state index in [1.54, 1.807) is 36.4 Å². The smallest absolute Gasteiger partial charge is 0.268 e. The molecule has 0 saturated heterocycles. The Morgan fingerprint density at radius 1 is 1.04 bits per heavy atom. The van der Waals surface area contributed by atoms with Crippen LogP contribution in [0.1, 0.15) is 29.0 Å². The molecule has 0 fully saturated rings. The SMILES string of the molecule is CC(NC(=O)c1cc2ccc(=O)n(-c3ccc(Cl)cc3)c2[nH]1)c1ccccc1. The molecule has 1 amide bonds. The highest BCUT2D eigenvalue weighted by Gasteiger charge is 2.16. The molecule has 5 nitrogen and oxygen atoms in total. The quantitative estimate of drug-likeness (QED) is 0.539. The molecule has 0 radical (unpaired) electrons. The number of nitrogens with zero attached hydrogens (tertiary/aromatic N) is 1. The summed E-state index contributed by atoms with van der Waals surface area (Å²) < 4.78 is 1.53. The second-order valence-corrected chi connectivity index (χ2v) is 7.01. The molecule has 0 aliphatic heterocycles.